The number of ether oxygens (including phenoxy) is 2. The molecule has 0 rings (SSSR count). The van der Waals surface area contributed by atoms with Crippen LogP contribution in [0.4, 0.5) is 0 Å². The summed E-state index contributed by atoms with van der Waals surface area (Å²) in [5.74, 6) is -1.13. The van der Waals surface area contributed by atoms with E-state index in [9.17, 15) is 9.59 Å². The molecular weight excluding hydrogens is 255 g/mol. The van der Waals surface area contributed by atoms with Gasteiger partial charge in [0.25, 0.3) is 0 Å². The highest BCUT2D eigenvalue weighted by Crippen LogP contribution is 2.18. The Balaban J connectivity index is 4.50. The lowest BCUT2D eigenvalue weighted by Crippen LogP contribution is -2.37. The predicted octanol–water partition coefficient (Wildman–Crippen LogP) is 2.23. The normalized spacial score (nSPS) is 14.1. The molecule has 6 heteroatoms. The SMILES string of the molecule is C=C(C)C(=O)OC(C)C(OC(C)=O)C(Cl)Cl. The first-order chi connectivity index (χ1) is 7.25. The smallest absolute Gasteiger partial charge is 0.333 e. The summed E-state index contributed by atoms with van der Waals surface area (Å²) in [7, 11) is 0. The molecule has 0 bridgehead atoms. The van der Waals surface area contributed by atoms with Gasteiger partial charge in [-0.25, -0.2) is 4.79 Å². The zero-order valence-corrected chi connectivity index (χ0v) is 10.8. The van der Waals surface area contributed by atoms with E-state index in [0.717, 1.165) is 0 Å². The van der Waals surface area contributed by atoms with Gasteiger partial charge in [0.05, 0.1) is 0 Å². The number of halogens is 2. The molecule has 0 amide bonds. The third-order valence-corrected chi connectivity index (χ3v) is 2.15. The molecule has 0 saturated carbocycles. The van der Waals surface area contributed by atoms with Crippen LogP contribution < -0.4 is 0 Å². The van der Waals surface area contributed by atoms with E-state index in [1.807, 2.05) is 0 Å². The fraction of sp³-hybridized carbons (Fsp3) is 0.600. The molecule has 2 atom stereocenters. The summed E-state index contributed by atoms with van der Waals surface area (Å²) in [5, 5.41) is 0. The van der Waals surface area contributed by atoms with Crippen molar-refractivity contribution in [2.75, 3.05) is 0 Å². The maximum atomic E-state index is 11.2. The van der Waals surface area contributed by atoms with E-state index in [1.54, 1.807) is 0 Å². The van der Waals surface area contributed by atoms with E-state index in [-0.39, 0.29) is 5.57 Å². The minimum atomic E-state index is -0.975. The third kappa shape index (κ3) is 5.37. The van der Waals surface area contributed by atoms with Crippen molar-refractivity contribution in [3.63, 3.8) is 0 Å². The van der Waals surface area contributed by atoms with Crippen molar-refractivity contribution in [3.8, 4) is 0 Å². The summed E-state index contributed by atoms with van der Waals surface area (Å²) in [6.45, 7) is 7.69. The topological polar surface area (TPSA) is 52.6 Å². The zero-order chi connectivity index (χ0) is 12.9. The first kappa shape index (κ1) is 15.3. The van der Waals surface area contributed by atoms with Crippen LogP contribution in [0.3, 0.4) is 0 Å². The van der Waals surface area contributed by atoms with Gasteiger partial charge in [0.1, 0.15) is 10.9 Å². The molecule has 0 aromatic carbocycles. The molecule has 0 fully saturated rings. The fourth-order valence-electron chi connectivity index (χ4n) is 0.880. The lowest BCUT2D eigenvalue weighted by molar-refractivity contribution is -0.161. The fourth-order valence-corrected chi connectivity index (χ4v) is 1.39. The molecule has 0 saturated heterocycles. The van der Waals surface area contributed by atoms with Crippen LogP contribution in [-0.4, -0.2) is 29.0 Å². The van der Waals surface area contributed by atoms with Gasteiger partial charge < -0.3 is 9.47 Å². The molecule has 0 heterocycles. The molecule has 0 aliphatic rings. The maximum absolute atomic E-state index is 11.2. The average Bonchev–Trinajstić information content (AvgIpc) is 2.12. The van der Waals surface area contributed by atoms with E-state index in [1.165, 1.54) is 20.8 Å². The molecular formula is C10H14Cl2O4. The summed E-state index contributed by atoms with van der Waals surface area (Å²) in [6.07, 6.45) is -1.64. The quantitative estimate of drug-likeness (QED) is 0.436. The summed E-state index contributed by atoms with van der Waals surface area (Å²) in [6, 6.07) is 0. The van der Waals surface area contributed by atoms with Crippen molar-refractivity contribution < 1.29 is 19.1 Å². The van der Waals surface area contributed by atoms with Gasteiger partial charge in [-0.1, -0.05) is 6.58 Å². The van der Waals surface area contributed by atoms with Crippen LogP contribution in [0.2, 0.25) is 0 Å². The second-order valence-electron chi connectivity index (χ2n) is 3.30. The molecule has 0 radical (unpaired) electrons. The zero-order valence-electron chi connectivity index (χ0n) is 9.33. The number of carbonyl (C=O) groups is 2. The summed E-state index contributed by atoms with van der Waals surface area (Å²) >= 11 is 11.2. The van der Waals surface area contributed by atoms with E-state index >= 15 is 0 Å². The number of hydrogen-bond acceptors (Lipinski definition) is 4. The van der Waals surface area contributed by atoms with Crippen LogP contribution in [0, 0.1) is 0 Å². The van der Waals surface area contributed by atoms with Crippen molar-refractivity contribution in [1.82, 2.24) is 0 Å². The van der Waals surface area contributed by atoms with Crippen molar-refractivity contribution in [2.45, 2.75) is 37.8 Å². The van der Waals surface area contributed by atoms with E-state index in [2.05, 4.69) is 6.58 Å². The van der Waals surface area contributed by atoms with E-state index in [0.29, 0.717) is 0 Å². The van der Waals surface area contributed by atoms with Crippen molar-refractivity contribution >= 4 is 35.1 Å². The Kier molecular flexibility index (Phi) is 6.45. The molecule has 0 N–H and O–H groups in total. The second-order valence-corrected chi connectivity index (χ2v) is 4.46. The Morgan fingerprint density at radius 1 is 1.19 bits per heavy atom. The molecule has 0 aliphatic heterocycles. The molecule has 16 heavy (non-hydrogen) atoms. The standard InChI is InChI=1S/C10H14Cl2O4/c1-5(2)10(14)15-6(3)8(9(11)12)16-7(4)13/h6,8-9H,1H2,2-4H3. The molecule has 0 aromatic heterocycles. The van der Waals surface area contributed by atoms with Crippen LogP contribution in [0.25, 0.3) is 0 Å². The number of alkyl halides is 2. The largest absolute Gasteiger partial charge is 0.456 e. The third-order valence-electron chi connectivity index (χ3n) is 1.65. The van der Waals surface area contributed by atoms with Crippen LogP contribution in [0.15, 0.2) is 12.2 Å². The van der Waals surface area contributed by atoms with Gasteiger partial charge in [-0.2, -0.15) is 0 Å². The lowest BCUT2D eigenvalue weighted by Gasteiger charge is -2.24. The highest BCUT2D eigenvalue weighted by Gasteiger charge is 2.29. The number of carbonyl (C=O) groups excluding carboxylic acids is 2. The number of hydrogen-bond donors (Lipinski definition) is 0. The van der Waals surface area contributed by atoms with E-state index < -0.39 is 29.0 Å². The Bertz CT molecular complexity index is 289. The number of rotatable bonds is 5. The molecule has 4 nitrogen and oxygen atoms in total. The lowest BCUT2D eigenvalue weighted by atomic mass is 10.2. The molecule has 2 unspecified atom stereocenters. The predicted molar refractivity (Wildman–Crippen MR) is 61.4 cm³/mol. The van der Waals surface area contributed by atoms with Gasteiger partial charge in [-0.15, -0.1) is 23.2 Å². The average molecular weight is 269 g/mol. The highest BCUT2D eigenvalue weighted by molar-refractivity contribution is 6.44. The summed E-state index contributed by atoms with van der Waals surface area (Å²) < 4.78 is 9.80. The summed E-state index contributed by atoms with van der Waals surface area (Å²) in [4.78, 5) is 21.0. The minimum absolute atomic E-state index is 0.245. The van der Waals surface area contributed by atoms with Crippen molar-refractivity contribution in [2.24, 2.45) is 0 Å². The monoisotopic (exact) mass is 268 g/mol. The van der Waals surface area contributed by atoms with Gasteiger partial charge >= 0.3 is 11.9 Å². The first-order valence-corrected chi connectivity index (χ1v) is 5.44. The Hall–Kier alpha value is -0.740. The Morgan fingerprint density at radius 3 is 2.00 bits per heavy atom. The van der Waals surface area contributed by atoms with Crippen LogP contribution in [0.5, 0.6) is 0 Å². The molecule has 0 aliphatic carbocycles. The highest BCUT2D eigenvalue weighted by atomic mass is 35.5. The maximum Gasteiger partial charge on any atom is 0.333 e. The van der Waals surface area contributed by atoms with Crippen LogP contribution in [0.1, 0.15) is 20.8 Å². The second kappa shape index (κ2) is 6.76. The van der Waals surface area contributed by atoms with Crippen molar-refractivity contribution in [1.29, 1.82) is 0 Å². The van der Waals surface area contributed by atoms with E-state index in [4.69, 9.17) is 32.7 Å². The molecule has 0 aromatic rings. The number of esters is 2. The van der Waals surface area contributed by atoms with Gasteiger partial charge in [0.15, 0.2) is 6.10 Å². The molecule has 0 spiro atoms. The van der Waals surface area contributed by atoms with Gasteiger partial charge in [0, 0.05) is 12.5 Å². The van der Waals surface area contributed by atoms with Crippen molar-refractivity contribution in [3.05, 3.63) is 12.2 Å². The molecule has 92 valence electrons. The first-order valence-electron chi connectivity index (χ1n) is 4.57. The van der Waals surface area contributed by atoms with Gasteiger partial charge in [-0.05, 0) is 13.8 Å². The minimum Gasteiger partial charge on any atom is -0.456 e. The van der Waals surface area contributed by atoms with Crippen LogP contribution in [-0.2, 0) is 19.1 Å². The van der Waals surface area contributed by atoms with Gasteiger partial charge in [0.2, 0.25) is 0 Å². The van der Waals surface area contributed by atoms with Gasteiger partial charge in [-0.3, -0.25) is 4.79 Å². The van der Waals surface area contributed by atoms with Crippen LogP contribution >= 0.6 is 23.2 Å². The Morgan fingerprint density at radius 2 is 1.69 bits per heavy atom. The summed E-state index contributed by atoms with van der Waals surface area (Å²) in [5.41, 5.74) is 0.245. The Labute approximate surface area is 104 Å².